The molecular formula is C18H21BrN2O2. The molecule has 122 valence electrons. The van der Waals surface area contributed by atoms with E-state index in [1.54, 1.807) is 12.1 Å². The third-order valence-electron chi connectivity index (χ3n) is 4.45. The Hall–Kier alpha value is -1.46. The maximum Gasteiger partial charge on any atom is 0.251 e. The van der Waals surface area contributed by atoms with E-state index in [0.717, 1.165) is 17.4 Å². The van der Waals surface area contributed by atoms with Gasteiger partial charge in [0.15, 0.2) is 0 Å². The summed E-state index contributed by atoms with van der Waals surface area (Å²) in [7, 11) is 0. The van der Waals surface area contributed by atoms with E-state index in [1.165, 1.54) is 36.2 Å². The molecule has 1 saturated heterocycles. The molecule has 1 N–H and O–H groups in total. The topological polar surface area (TPSA) is 49.4 Å². The van der Waals surface area contributed by atoms with Gasteiger partial charge in [-0.2, -0.15) is 0 Å². The van der Waals surface area contributed by atoms with Gasteiger partial charge in [-0.15, -0.1) is 0 Å². The molecule has 1 aromatic rings. The Labute approximate surface area is 145 Å². The number of allylic oxidation sites excluding steroid dienone is 1. The van der Waals surface area contributed by atoms with E-state index in [4.69, 9.17) is 0 Å². The van der Waals surface area contributed by atoms with Gasteiger partial charge in [-0.1, -0.05) is 27.6 Å². The van der Waals surface area contributed by atoms with Gasteiger partial charge in [0.25, 0.3) is 5.91 Å². The molecule has 0 radical (unpaired) electrons. The number of hydrogen-bond acceptors (Lipinski definition) is 3. The van der Waals surface area contributed by atoms with Gasteiger partial charge in [0, 0.05) is 4.47 Å². The van der Waals surface area contributed by atoms with Crippen molar-refractivity contribution in [2.24, 2.45) is 0 Å². The van der Waals surface area contributed by atoms with Gasteiger partial charge >= 0.3 is 0 Å². The van der Waals surface area contributed by atoms with Crippen molar-refractivity contribution in [1.29, 1.82) is 0 Å². The highest BCUT2D eigenvalue weighted by atomic mass is 79.9. The van der Waals surface area contributed by atoms with Crippen LogP contribution in [0.1, 0.15) is 38.5 Å². The zero-order valence-electron chi connectivity index (χ0n) is 13.1. The van der Waals surface area contributed by atoms with E-state index in [9.17, 15) is 9.59 Å². The van der Waals surface area contributed by atoms with Gasteiger partial charge in [0.05, 0.1) is 18.2 Å². The molecule has 5 heteroatoms. The summed E-state index contributed by atoms with van der Waals surface area (Å²) in [6, 6.07) is 6.86. The second kappa shape index (κ2) is 7.41. The van der Waals surface area contributed by atoms with Crippen LogP contribution >= 0.6 is 15.9 Å². The van der Waals surface area contributed by atoms with E-state index in [1.807, 2.05) is 12.1 Å². The summed E-state index contributed by atoms with van der Waals surface area (Å²) in [5.41, 5.74) is 2.12. The number of carbonyl (C=O) groups is 2. The molecule has 1 heterocycles. The molecule has 0 spiro atoms. The maximum atomic E-state index is 12.5. The molecule has 4 nitrogen and oxygen atoms in total. The second-order valence-corrected chi connectivity index (χ2v) is 7.03. The Balaban J connectivity index is 1.57. The number of nitrogens with zero attached hydrogens (tertiary/aromatic N) is 1. The van der Waals surface area contributed by atoms with Crippen molar-refractivity contribution in [3.05, 3.63) is 40.4 Å². The number of benzene rings is 1. The normalized spacial score (nSPS) is 21.7. The van der Waals surface area contributed by atoms with E-state index < -0.39 is 6.04 Å². The highest BCUT2D eigenvalue weighted by Gasteiger charge is 2.39. The molecule has 1 aliphatic carbocycles. The van der Waals surface area contributed by atoms with Crippen molar-refractivity contribution in [2.45, 2.75) is 44.6 Å². The van der Waals surface area contributed by atoms with Gasteiger partial charge in [-0.05, 0) is 62.9 Å². The van der Waals surface area contributed by atoms with Gasteiger partial charge in [-0.3, -0.25) is 9.59 Å². The number of hydrogen-bond donors (Lipinski definition) is 1. The summed E-state index contributed by atoms with van der Waals surface area (Å²) < 4.78 is 0.927. The molecule has 2 amide bonds. The minimum atomic E-state index is -0.393. The van der Waals surface area contributed by atoms with Crippen molar-refractivity contribution in [3.63, 3.8) is 0 Å². The summed E-state index contributed by atoms with van der Waals surface area (Å²) in [5.74, 6) is -0.276. The van der Waals surface area contributed by atoms with Gasteiger partial charge in [0.1, 0.15) is 0 Å². The van der Waals surface area contributed by atoms with Crippen LogP contribution in [0, 0.1) is 0 Å². The minimum Gasteiger partial charge on any atom is -0.305 e. The molecule has 3 rings (SSSR count). The number of amides is 2. The van der Waals surface area contributed by atoms with Crippen molar-refractivity contribution < 1.29 is 9.59 Å². The zero-order chi connectivity index (χ0) is 16.2. The molecule has 0 unspecified atom stereocenters. The maximum absolute atomic E-state index is 12.5. The fourth-order valence-electron chi connectivity index (χ4n) is 3.19. The van der Waals surface area contributed by atoms with Crippen molar-refractivity contribution in [2.75, 3.05) is 11.4 Å². The molecule has 1 fully saturated rings. The standard InChI is InChI=1S/C18H21BrN2O2/c19-14-6-8-15(9-7-14)21-17(22)12-16(18(21)23)20-11-10-13-4-2-1-3-5-13/h4,6-9,16,20H,1-3,5,10-12H2/t16-/m1/s1. The number of nitrogens with one attached hydrogen (secondary N) is 1. The molecule has 2 aliphatic rings. The van der Waals surface area contributed by atoms with Crippen LogP contribution in [0.5, 0.6) is 0 Å². The quantitative estimate of drug-likeness (QED) is 0.631. The van der Waals surface area contributed by atoms with E-state index >= 15 is 0 Å². The number of anilines is 1. The average Bonchev–Trinajstić information content (AvgIpc) is 2.84. The molecule has 1 aliphatic heterocycles. The lowest BCUT2D eigenvalue weighted by atomic mass is 9.97. The van der Waals surface area contributed by atoms with Crippen LogP contribution in [0.2, 0.25) is 0 Å². The second-order valence-electron chi connectivity index (χ2n) is 6.11. The number of rotatable bonds is 5. The monoisotopic (exact) mass is 376 g/mol. The van der Waals surface area contributed by atoms with Gasteiger partial charge in [0.2, 0.25) is 5.91 Å². The SMILES string of the molecule is O=C1C[C@@H](NCCC2=CCCCC2)C(=O)N1c1ccc(Br)cc1. The van der Waals surface area contributed by atoms with Crippen LogP contribution in [0.25, 0.3) is 0 Å². The molecule has 0 saturated carbocycles. The Bertz CT molecular complexity index is 624. The van der Waals surface area contributed by atoms with Crippen LogP contribution in [-0.4, -0.2) is 24.4 Å². The summed E-state index contributed by atoms with van der Waals surface area (Å²) in [5, 5.41) is 3.26. The zero-order valence-corrected chi connectivity index (χ0v) is 14.6. The average molecular weight is 377 g/mol. The predicted molar refractivity (Wildman–Crippen MR) is 94.2 cm³/mol. The molecule has 0 bridgehead atoms. The Morgan fingerprint density at radius 3 is 2.65 bits per heavy atom. The Morgan fingerprint density at radius 2 is 1.96 bits per heavy atom. The highest BCUT2D eigenvalue weighted by Crippen LogP contribution is 2.25. The minimum absolute atomic E-state index is 0.133. The van der Waals surface area contributed by atoms with Crippen LogP contribution in [0.3, 0.4) is 0 Å². The fourth-order valence-corrected chi connectivity index (χ4v) is 3.46. The molecule has 23 heavy (non-hydrogen) atoms. The first-order valence-electron chi connectivity index (χ1n) is 8.19. The number of imide groups is 1. The summed E-state index contributed by atoms with van der Waals surface area (Å²) >= 11 is 3.36. The van der Waals surface area contributed by atoms with Crippen molar-refractivity contribution >= 4 is 33.4 Å². The first-order valence-corrected chi connectivity index (χ1v) is 8.98. The largest absolute Gasteiger partial charge is 0.305 e. The lowest BCUT2D eigenvalue weighted by molar-refractivity contribution is -0.121. The smallest absolute Gasteiger partial charge is 0.251 e. The third-order valence-corrected chi connectivity index (χ3v) is 4.98. The Kier molecular flexibility index (Phi) is 5.28. The lowest BCUT2D eigenvalue weighted by Gasteiger charge is -2.17. The van der Waals surface area contributed by atoms with Gasteiger partial charge < -0.3 is 5.32 Å². The van der Waals surface area contributed by atoms with Crippen LogP contribution in [-0.2, 0) is 9.59 Å². The number of carbonyl (C=O) groups excluding carboxylic acids is 2. The third kappa shape index (κ3) is 3.90. The molecule has 1 atom stereocenters. The van der Waals surface area contributed by atoms with E-state index in [0.29, 0.717) is 5.69 Å². The first kappa shape index (κ1) is 16.4. The van der Waals surface area contributed by atoms with Crippen LogP contribution in [0.4, 0.5) is 5.69 Å². The molecule has 1 aromatic carbocycles. The molecule has 0 aromatic heterocycles. The Morgan fingerprint density at radius 1 is 1.17 bits per heavy atom. The van der Waals surface area contributed by atoms with Crippen molar-refractivity contribution in [1.82, 2.24) is 5.32 Å². The van der Waals surface area contributed by atoms with E-state index in [-0.39, 0.29) is 18.2 Å². The van der Waals surface area contributed by atoms with Gasteiger partial charge in [-0.25, -0.2) is 4.90 Å². The van der Waals surface area contributed by atoms with E-state index in [2.05, 4.69) is 27.3 Å². The van der Waals surface area contributed by atoms with Crippen molar-refractivity contribution in [3.8, 4) is 0 Å². The predicted octanol–water partition coefficient (Wildman–Crippen LogP) is 3.56. The first-order chi connectivity index (χ1) is 11.1. The molecular weight excluding hydrogens is 356 g/mol. The highest BCUT2D eigenvalue weighted by molar-refractivity contribution is 9.10. The number of halogens is 1. The lowest BCUT2D eigenvalue weighted by Crippen LogP contribution is -2.39. The van der Waals surface area contributed by atoms with Crippen LogP contribution < -0.4 is 10.2 Å². The summed E-state index contributed by atoms with van der Waals surface area (Å²) in [6.07, 6.45) is 8.43. The summed E-state index contributed by atoms with van der Waals surface area (Å²) in [4.78, 5) is 26.0. The summed E-state index contributed by atoms with van der Waals surface area (Å²) in [6.45, 7) is 0.754. The van der Waals surface area contributed by atoms with Crippen LogP contribution in [0.15, 0.2) is 40.4 Å². The fraction of sp³-hybridized carbons (Fsp3) is 0.444.